The lowest BCUT2D eigenvalue weighted by atomic mass is 10.2. The predicted octanol–water partition coefficient (Wildman–Crippen LogP) is 2.34. The van der Waals surface area contributed by atoms with Gasteiger partial charge in [-0.15, -0.1) is 0 Å². The van der Waals surface area contributed by atoms with Gasteiger partial charge in [-0.3, -0.25) is 4.55 Å². The summed E-state index contributed by atoms with van der Waals surface area (Å²) in [6, 6.07) is 12.3. The summed E-state index contributed by atoms with van der Waals surface area (Å²) in [5.41, 5.74) is 0.690. The Morgan fingerprint density at radius 3 is 1.84 bits per heavy atom. The van der Waals surface area contributed by atoms with Crippen LogP contribution in [-0.2, 0) is 10.1 Å². The summed E-state index contributed by atoms with van der Waals surface area (Å²) in [4.78, 5) is -0.0741. The molecular weight excluding hydrogens is 268 g/mol. The number of aryl methyl sites for hydroxylation is 1. The molecule has 0 spiro atoms. The zero-order chi connectivity index (χ0) is 14.5. The average Bonchev–Trinajstić information content (AvgIpc) is 2.37. The Bertz CT molecular complexity index is 615. The summed E-state index contributed by atoms with van der Waals surface area (Å²) in [6.45, 7) is 1.73. The highest BCUT2D eigenvalue weighted by molar-refractivity contribution is 7.85. The highest BCUT2D eigenvalue weighted by atomic mass is 32.2. The minimum Gasteiger partial charge on any atom is -0.504 e. The van der Waals surface area contributed by atoms with Crippen LogP contribution in [0.2, 0.25) is 0 Å². The second-order valence-corrected chi connectivity index (χ2v) is 5.15. The third kappa shape index (κ3) is 4.61. The Labute approximate surface area is 111 Å². The van der Waals surface area contributed by atoms with E-state index >= 15 is 0 Å². The summed E-state index contributed by atoms with van der Waals surface area (Å²) in [7, 11) is -4.00. The summed E-state index contributed by atoms with van der Waals surface area (Å²) >= 11 is 0. The van der Waals surface area contributed by atoms with Gasteiger partial charge in [-0.2, -0.15) is 8.42 Å². The molecule has 2 aromatic rings. The lowest BCUT2D eigenvalue weighted by Gasteiger charge is -1.97. The number of para-hydroxylation sites is 1. The van der Waals surface area contributed by atoms with Crippen molar-refractivity contribution in [1.82, 2.24) is 0 Å². The highest BCUT2D eigenvalue weighted by Gasteiger charge is 2.05. The van der Waals surface area contributed by atoms with Crippen LogP contribution in [-0.4, -0.2) is 23.2 Å². The van der Waals surface area contributed by atoms with E-state index in [0.717, 1.165) is 0 Å². The summed E-state index contributed by atoms with van der Waals surface area (Å²) in [5, 5.41) is 17.8. The molecule has 6 heteroatoms. The van der Waals surface area contributed by atoms with Crippen LogP contribution in [0.3, 0.4) is 0 Å². The van der Waals surface area contributed by atoms with E-state index in [-0.39, 0.29) is 16.4 Å². The first-order chi connectivity index (χ1) is 8.82. The van der Waals surface area contributed by atoms with E-state index in [2.05, 4.69) is 0 Å². The first kappa shape index (κ1) is 15.0. The molecule has 0 saturated heterocycles. The van der Waals surface area contributed by atoms with Gasteiger partial charge in [0, 0.05) is 0 Å². The fourth-order valence-corrected chi connectivity index (χ4v) is 1.74. The van der Waals surface area contributed by atoms with Crippen LogP contribution in [0.5, 0.6) is 11.5 Å². The molecule has 0 unspecified atom stereocenters. The van der Waals surface area contributed by atoms with Crippen LogP contribution in [0.1, 0.15) is 5.56 Å². The SMILES string of the molecule is Cc1cccc(O)c1O.O=S(=O)(O)c1ccccc1. The van der Waals surface area contributed by atoms with Crippen LogP contribution < -0.4 is 0 Å². The third-order valence-corrected chi connectivity index (χ3v) is 3.13. The Morgan fingerprint density at radius 1 is 0.895 bits per heavy atom. The van der Waals surface area contributed by atoms with Crippen LogP contribution >= 0.6 is 0 Å². The molecule has 0 aliphatic heterocycles. The van der Waals surface area contributed by atoms with E-state index in [1.807, 2.05) is 0 Å². The van der Waals surface area contributed by atoms with Gasteiger partial charge >= 0.3 is 0 Å². The van der Waals surface area contributed by atoms with Crippen LogP contribution in [0.15, 0.2) is 53.4 Å². The number of benzene rings is 2. The molecule has 102 valence electrons. The van der Waals surface area contributed by atoms with Gasteiger partial charge in [0.15, 0.2) is 11.5 Å². The normalized spacial score (nSPS) is 10.4. The lowest BCUT2D eigenvalue weighted by Crippen LogP contribution is -1.96. The zero-order valence-corrected chi connectivity index (χ0v) is 11.0. The van der Waals surface area contributed by atoms with Crippen molar-refractivity contribution < 1.29 is 23.2 Å². The second kappa shape index (κ2) is 6.21. The van der Waals surface area contributed by atoms with E-state index in [4.69, 9.17) is 14.8 Å². The summed E-state index contributed by atoms with van der Waals surface area (Å²) in [6.07, 6.45) is 0. The zero-order valence-electron chi connectivity index (χ0n) is 10.2. The van der Waals surface area contributed by atoms with Crippen molar-refractivity contribution in [3.05, 3.63) is 54.1 Å². The second-order valence-electron chi connectivity index (χ2n) is 3.73. The molecule has 19 heavy (non-hydrogen) atoms. The number of hydrogen-bond donors (Lipinski definition) is 3. The lowest BCUT2D eigenvalue weighted by molar-refractivity contribution is 0.401. The van der Waals surface area contributed by atoms with Crippen molar-refractivity contribution in [3.63, 3.8) is 0 Å². The van der Waals surface area contributed by atoms with Gasteiger partial charge in [-0.1, -0.05) is 30.3 Å². The van der Waals surface area contributed by atoms with Crippen molar-refractivity contribution in [3.8, 4) is 11.5 Å². The fraction of sp³-hybridized carbons (Fsp3) is 0.0769. The van der Waals surface area contributed by atoms with Crippen molar-refractivity contribution in [2.24, 2.45) is 0 Å². The molecule has 0 radical (unpaired) electrons. The van der Waals surface area contributed by atoms with E-state index in [0.29, 0.717) is 5.56 Å². The molecule has 0 heterocycles. The van der Waals surface area contributed by atoms with Gasteiger partial charge in [0.05, 0.1) is 4.90 Å². The largest absolute Gasteiger partial charge is 0.504 e. The number of phenolic OH excluding ortho intramolecular Hbond substituents is 2. The molecule has 0 saturated carbocycles. The minimum absolute atomic E-state index is 0.0301. The molecule has 0 fully saturated rings. The maximum atomic E-state index is 10.4. The van der Waals surface area contributed by atoms with E-state index in [9.17, 15) is 8.42 Å². The Balaban J connectivity index is 0.000000191. The first-order valence-corrected chi connectivity index (χ1v) is 6.76. The molecule has 0 aliphatic carbocycles. The van der Waals surface area contributed by atoms with Crippen LogP contribution in [0.25, 0.3) is 0 Å². The number of phenols is 2. The number of aromatic hydroxyl groups is 2. The minimum atomic E-state index is -4.00. The Morgan fingerprint density at radius 2 is 1.47 bits per heavy atom. The Kier molecular flexibility index (Phi) is 4.91. The monoisotopic (exact) mass is 282 g/mol. The van der Waals surface area contributed by atoms with Gasteiger partial charge in [-0.05, 0) is 30.7 Å². The number of hydrogen-bond acceptors (Lipinski definition) is 4. The molecule has 0 bridgehead atoms. The van der Waals surface area contributed by atoms with Gasteiger partial charge in [0.25, 0.3) is 10.1 Å². The molecule has 0 aliphatic rings. The molecule has 2 aromatic carbocycles. The highest BCUT2D eigenvalue weighted by Crippen LogP contribution is 2.26. The molecule has 3 N–H and O–H groups in total. The average molecular weight is 282 g/mol. The summed E-state index contributed by atoms with van der Waals surface area (Å²) in [5.74, 6) is -0.0903. The molecule has 5 nitrogen and oxygen atoms in total. The molecule has 0 atom stereocenters. The standard InChI is InChI=1S/C7H8O2.C6H6O3S/c1-5-3-2-4-6(8)7(5)9;7-10(8,9)6-4-2-1-3-5-6/h2-4,8-9H,1H3;1-5H,(H,7,8,9). The van der Waals surface area contributed by atoms with Gasteiger partial charge < -0.3 is 10.2 Å². The van der Waals surface area contributed by atoms with Gasteiger partial charge in [0.1, 0.15) is 0 Å². The smallest absolute Gasteiger partial charge is 0.294 e. The molecule has 0 aromatic heterocycles. The maximum Gasteiger partial charge on any atom is 0.294 e. The van der Waals surface area contributed by atoms with Crippen LogP contribution in [0, 0.1) is 6.92 Å². The van der Waals surface area contributed by atoms with E-state index < -0.39 is 10.1 Å². The number of rotatable bonds is 1. The maximum absolute atomic E-state index is 10.4. The van der Waals surface area contributed by atoms with Gasteiger partial charge in [-0.25, -0.2) is 0 Å². The Hall–Kier alpha value is -2.05. The van der Waals surface area contributed by atoms with E-state index in [1.165, 1.54) is 18.2 Å². The van der Waals surface area contributed by atoms with Crippen molar-refractivity contribution in [1.29, 1.82) is 0 Å². The molecule has 0 amide bonds. The van der Waals surface area contributed by atoms with Crippen molar-refractivity contribution in [2.45, 2.75) is 11.8 Å². The van der Waals surface area contributed by atoms with Crippen LogP contribution in [0.4, 0.5) is 0 Å². The third-order valence-electron chi connectivity index (χ3n) is 2.26. The molecular formula is C13H14O5S. The van der Waals surface area contributed by atoms with Crippen molar-refractivity contribution >= 4 is 10.1 Å². The first-order valence-electron chi connectivity index (χ1n) is 5.32. The quantitative estimate of drug-likeness (QED) is 0.551. The van der Waals surface area contributed by atoms with E-state index in [1.54, 1.807) is 37.3 Å². The topological polar surface area (TPSA) is 94.8 Å². The summed E-state index contributed by atoms with van der Waals surface area (Å²) < 4.78 is 29.2. The fourth-order valence-electron chi connectivity index (χ4n) is 1.24. The predicted molar refractivity (Wildman–Crippen MR) is 70.8 cm³/mol. The van der Waals surface area contributed by atoms with Crippen molar-refractivity contribution in [2.75, 3.05) is 0 Å². The van der Waals surface area contributed by atoms with Gasteiger partial charge in [0.2, 0.25) is 0 Å². The molecule has 2 rings (SSSR count).